The number of halogens is 1. The number of Topliss-reactive ketones (excluding diaryl/α,β-unsaturated/α-hetero) is 2. The predicted molar refractivity (Wildman–Crippen MR) is 154 cm³/mol. The molecule has 0 saturated carbocycles. The van der Waals surface area contributed by atoms with Crippen molar-refractivity contribution in [1.82, 2.24) is 9.97 Å². The third kappa shape index (κ3) is 6.64. The largest absolute Gasteiger partial charge is 0.329 e. The molecule has 0 amide bonds. The van der Waals surface area contributed by atoms with Gasteiger partial charge in [0.2, 0.25) is 5.95 Å². The van der Waals surface area contributed by atoms with E-state index in [0.29, 0.717) is 41.6 Å². The van der Waals surface area contributed by atoms with Gasteiger partial charge in [0.1, 0.15) is 11.6 Å². The summed E-state index contributed by atoms with van der Waals surface area (Å²) in [6, 6.07) is 21.1. The minimum absolute atomic E-state index is 0.103. The van der Waals surface area contributed by atoms with E-state index in [9.17, 15) is 9.59 Å². The first-order valence-corrected chi connectivity index (χ1v) is 12.9. The fourth-order valence-electron chi connectivity index (χ4n) is 4.22. The van der Waals surface area contributed by atoms with Gasteiger partial charge in [0, 0.05) is 54.5 Å². The first-order valence-electron chi connectivity index (χ1n) is 12.6. The summed E-state index contributed by atoms with van der Waals surface area (Å²) in [6.07, 6.45) is 2.90. The molecule has 1 N–H and O–H groups in total. The van der Waals surface area contributed by atoms with Gasteiger partial charge in [-0.2, -0.15) is 4.98 Å². The van der Waals surface area contributed by atoms with Crippen LogP contribution in [0.4, 0.5) is 23.1 Å². The zero-order valence-electron chi connectivity index (χ0n) is 22.1. The average molecular weight is 527 g/mol. The van der Waals surface area contributed by atoms with Gasteiger partial charge in [0.05, 0.1) is 0 Å². The van der Waals surface area contributed by atoms with Gasteiger partial charge in [-0.05, 0) is 72.5 Å². The number of aryl methyl sites for hydroxylation is 2. The van der Waals surface area contributed by atoms with Crippen LogP contribution in [0.3, 0.4) is 0 Å². The summed E-state index contributed by atoms with van der Waals surface area (Å²) in [6.45, 7) is 5.73. The molecular weight excluding hydrogens is 496 g/mol. The smallest absolute Gasteiger partial charge is 0.229 e. The molecule has 0 bridgehead atoms. The normalized spacial score (nSPS) is 10.8. The van der Waals surface area contributed by atoms with Crippen molar-refractivity contribution in [3.63, 3.8) is 0 Å². The van der Waals surface area contributed by atoms with Gasteiger partial charge in [0.15, 0.2) is 5.78 Å². The monoisotopic (exact) mass is 526 g/mol. The summed E-state index contributed by atoms with van der Waals surface area (Å²) < 4.78 is 0. The lowest BCUT2D eigenvalue weighted by Crippen LogP contribution is -2.13. The van der Waals surface area contributed by atoms with Crippen molar-refractivity contribution in [2.45, 2.75) is 40.0 Å². The van der Waals surface area contributed by atoms with E-state index < -0.39 is 0 Å². The standard InChI is InChI=1S/C31H31ClN4O2/c1-5-29(38)27-19-24(10-6-20(27)2)34-31-33-15-14-30(35-31)36(4)25-11-7-22(8-12-25)17-26(37)18-23-9-13-28(32)21(3)16-23/h6-16,19H,5,17-18H2,1-4H3,(H,33,34,35). The average Bonchev–Trinajstić information content (AvgIpc) is 2.91. The molecule has 0 unspecified atom stereocenters. The van der Waals surface area contributed by atoms with E-state index in [-0.39, 0.29) is 11.6 Å². The van der Waals surface area contributed by atoms with Crippen molar-refractivity contribution >= 4 is 46.3 Å². The van der Waals surface area contributed by atoms with E-state index in [2.05, 4.69) is 15.3 Å². The van der Waals surface area contributed by atoms with Crippen molar-refractivity contribution in [3.8, 4) is 0 Å². The molecule has 4 aromatic rings. The van der Waals surface area contributed by atoms with Crippen LogP contribution in [0, 0.1) is 13.8 Å². The number of carbonyl (C=O) groups is 2. The number of nitrogens with zero attached hydrogens (tertiary/aromatic N) is 3. The van der Waals surface area contributed by atoms with Crippen LogP contribution in [0.25, 0.3) is 0 Å². The first kappa shape index (κ1) is 27.0. The number of hydrogen-bond acceptors (Lipinski definition) is 6. The summed E-state index contributed by atoms with van der Waals surface area (Å²) in [5.74, 6) is 1.40. The van der Waals surface area contributed by atoms with Crippen molar-refractivity contribution in [3.05, 3.63) is 106 Å². The number of hydrogen-bond donors (Lipinski definition) is 1. The van der Waals surface area contributed by atoms with E-state index in [4.69, 9.17) is 11.6 Å². The van der Waals surface area contributed by atoms with Gasteiger partial charge in [-0.3, -0.25) is 9.59 Å². The van der Waals surface area contributed by atoms with Crippen molar-refractivity contribution in [2.75, 3.05) is 17.3 Å². The number of benzene rings is 3. The van der Waals surface area contributed by atoms with E-state index in [1.807, 2.05) is 99.4 Å². The molecule has 6 nitrogen and oxygen atoms in total. The minimum Gasteiger partial charge on any atom is -0.329 e. The lowest BCUT2D eigenvalue weighted by Gasteiger charge is -2.19. The van der Waals surface area contributed by atoms with Crippen molar-refractivity contribution < 1.29 is 9.59 Å². The fourth-order valence-corrected chi connectivity index (χ4v) is 4.34. The Hall–Kier alpha value is -4.03. The van der Waals surface area contributed by atoms with Crippen LogP contribution < -0.4 is 10.2 Å². The number of carbonyl (C=O) groups excluding carboxylic acids is 2. The summed E-state index contributed by atoms with van der Waals surface area (Å²) in [4.78, 5) is 35.8. The van der Waals surface area contributed by atoms with Gasteiger partial charge >= 0.3 is 0 Å². The number of aromatic nitrogens is 2. The Morgan fingerprint density at radius 3 is 2.32 bits per heavy atom. The molecule has 0 atom stereocenters. The van der Waals surface area contributed by atoms with E-state index >= 15 is 0 Å². The third-order valence-corrected chi connectivity index (χ3v) is 6.87. The molecule has 0 saturated heterocycles. The second-order valence-electron chi connectivity index (χ2n) is 9.37. The van der Waals surface area contributed by atoms with E-state index in [1.54, 1.807) is 6.20 Å². The van der Waals surface area contributed by atoms with Crippen LogP contribution in [-0.2, 0) is 17.6 Å². The fraction of sp³-hybridized carbons (Fsp3) is 0.226. The number of nitrogens with one attached hydrogen (secondary N) is 1. The molecule has 7 heteroatoms. The van der Waals surface area contributed by atoms with Gasteiger partial charge in [-0.1, -0.05) is 48.9 Å². The Kier molecular flexibility index (Phi) is 8.54. The lowest BCUT2D eigenvalue weighted by atomic mass is 10.0. The molecule has 0 aliphatic carbocycles. The highest BCUT2D eigenvalue weighted by Gasteiger charge is 2.12. The molecule has 38 heavy (non-hydrogen) atoms. The predicted octanol–water partition coefficient (Wildman–Crippen LogP) is 7.21. The van der Waals surface area contributed by atoms with Crippen LogP contribution >= 0.6 is 11.6 Å². The van der Waals surface area contributed by atoms with E-state index in [0.717, 1.165) is 33.6 Å². The lowest BCUT2D eigenvalue weighted by molar-refractivity contribution is -0.117. The molecule has 0 aliphatic heterocycles. The van der Waals surface area contributed by atoms with Crippen molar-refractivity contribution in [1.29, 1.82) is 0 Å². The van der Waals surface area contributed by atoms with Crippen LogP contribution in [0.2, 0.25) is 5.02 Å². The first-order chi connectivity index (χ1) is 18.2. The minimum atomic E-state index is 0.103. The molecule has 0 spiro atoms. The summed E-state index contributed by atoms with van der Waals surface area (Å²) in [5.41, 5.74) is 6.25. The summed E-state index contributed by atoms with van der Waals surface area (Å²) in [5, 5.41) is 3.92. The highest BCUT2D eigenvalue weighted by molar-refractivity contribution is 6.31. The SMILES string of the molecule is CCC(=O)c1cc(Nc2nccc(N(C)c3ccc(CC(=O)Cc4ccc(Cl)c(C)c4)cc3)n2)ccc1C. The second-order valence-corrected chi connectivity index (χ2v) is 9.78. The second kappa shape index (κ2) is 12.0. The Balaban J connectivity index is 1.42. The quantitative estimate of drug-likeness (QED) is 0.220. The molecule has 0 aliphatic rings. The zero-order valence-corrected chi connectivity index (χ0v) is 22.8. The molecule has 0 fully saturated rings. The Labute approximate surface area is 228 Å². The molecule has 194 valence electrons. The maximum Gasteiger partial charge on any atom is 0.229 e. The van der Waals surface area contributed by atoms with Gasteiger partial charge in [0.25, 0.3) is 0 Å². The Morgan fingerprint density at radius 2 is 1.61 bits per heavy atom. The maximum atomic E-state index is 12.6. The summed E-state index contributed by atoms with van der Waals surface area (Å²) >= 11 is 6.09. The maximum absolute atomic E-state index is 12.6. The van der Waals surface area contributed by atoms with Crippen LogP contribution in [0.5, 0.6) is 0 Å². The van der Waals surface area contributed by atoms with Gasteiger partial charge < -0.3 is 10.2 Å². The molecular formula is C31H31ClN4O2. The van der Waals surface area contributed by atoms with Gasteiger partial charge in [-0.25, -0.2) is 4.98 Å². The number of anilines is 4. The highest BCUT2D eigenvalue weighted by atomic mass is 35.5. The van der Waals surface area contributed by atoms with E-state index in [1.165, 1.54) is 0 Å². The van der Waals surface area contributed by atoms with Crippen LogP contribution in [-0.4, -0.2) is 28.6 Å². The number of ketones is 2. The zero-order chi connectivity index (χ0) is 27.2. The third-order valence-electron chi connectivity index (χ3n) is 6.45. The van der Waals surface area contributed by atoms with Gasteiger partial charge in [-0.15, -0.1) is 0 Å². The Bertz CT molecular complexity index is 1470. The molecule has 0 radical (unpaired) electrons. The molecule has 1 aromatic heterocycles. The topological polar surface area (TPSA) is 75.2 Å². The van der Waals surface area contributed by atoms with Crippen molar-refractivity contribution in [2.24, 2.45) is 0 Å². The number of rotatable bonds is 10. The van der Waals surface area contributed by atoms with Crippen LogP contribution in [0.15, 0.2) is 72.9 Å². The highest BCUT2D eigenvalue weighted by Crippen LogP contribution is 2.25. The molecule has 3 aromatic carbocycles. The Morgan fingerprint density at radius 1 is 0.895 bits per heavy atom. The molecule has 1 heterocycles. The van der Waals surface area contributed by atoms with Crippen LogP contribution in [0.1, 0.15) is 46.0 Å². The molecule has 4 rings (SSSR count). The summed E-state index contributed by atoms with van der Waals surface area (Å²) in [7, 11) is 1.93.